The van der Waals surface area contributed by atoms with Gasteiger partial charge in [0.05, 0.1) is 13.5 Å². The van der Waals surface area contributed by atoms with E-state index in [-0.39, 0.29) is 37.4 Å². The molecule has 0 radical (unpaired) electrons. The summed E-state index contributed by atoms with van der Waals surface area (Å²) in [4.78, 5) is 34.8. The number of ether oxygens (including phenoxy) is 2. The van der Waals surface area contributed by atoms with Crippen molar-refractivity contribution in [2.24, 2.45) is 0 Å². The zero-order valence-corrected chi connectivity index (χ0v) is 11.0. The van der Waals surface area contributed by atoms with E-state index in [2.05, 4.69) is 10.1 Å². The van der Waals surface area contributed by atoms with Crippen molar-refractivity contribution in [3.63, 3.8) is 0 Å². The van der Waals surface area contributed by atoms with E-state index in [4.69, 9.17) is 4.74 Å². The summed E-state index contributed by atoms with van der Waals surface area (Å²) in [6, 6.07) is 0. The van der Waals surface area contributed by atoms with Crippen LogP contribution in [0, 0.1) is 0 Å². The molecule has 104 valence electrons. The highest BCUT2D eigenvalue weighted by atomic mass is 16.5. The van der Waals surface area contributed by atoms with Gasteiger partial charge in [0.15, 0.2) is 0 Å². The van der Waals surface area contributed by atoms with E-state index in [1.165, 1.54) is 26.0 Å². The smallest absolute Gasteiger partial charge is 0.307 e. The van der Waals surface area contributed by atoms with Crippen LogP contribution in [0.2, 0.25) is 0 Å². The van der Waals surface area contributed by atoms with E-state index in [1.807, 2.05) is 0 Å². The summed E-state index contributed by atoms with van der Waals surface area (Å²) in [5.74, 6) is -0.779. The predicted molar refractivity (Wildman–Crippen MR) is 63.8 cm³/mol. The van der Waals surface area contributed by atoms with Crippen LogP contribution in [0.1, 0.15) is 13.3 Å². The number of methoxy groups -OCH3 is 2. The van der Waals surface area contributed by atoms with Crippen molar-refractivity contribution in [2.75, 3.05) is 40.5 Å². The number of hydrogen-bond donors (Lipinski definition) is 1. The molecular formula is C11H20N2O5. The Balaban J connectivity index is 4.19. The Labute approximate surface area is 106 Å². The van der Waals surface area contributed by atoms with Gasteiger partial charge < -0.3 is 19.7 Å². The van der Waals surface area contributed by atoms with Gasteiger partial charge in [0, 0.05) is 33.7 Å². The number of carbonyl (C=O) groups excluding carboxylic acids is 3. The lowest BCUT2D eigenvalue weighted by atomic mass is 10.3. The first-order chi connectivity index (χ1) is 8.51. The van der Waals surface area contributed by atoms with Gasteiger partial charge in [-0.1, -0.05) is 0 Å². The molecule has 0 aliphatic heterocycles. The van der Waals surface area contributed by atoms with Gasteiger partial charge in [-0.3, -0.25) is 14.4 Å². The van der Waals surface area contributed by atoms with Gasteiger partial charge in [-0.25, -0.2) is 0 Å². The maximum Gasteiger partial charge on any atom is 0.307 e. The molecule has 0 spiro atoms. The van der Waals surface area contributed by atoms with Crippen molar-refractivity contribution >= 4 is 17.8 Å². The van der Waals surface area contributed by atoms with Gasteiger partial charge in [0.25, 0.3) is 0 Å². The minimum absolute atomic E-state index is 0.0543. The number of amides is 2. The van der Waals surface area contributed by atoms with Crippen molar-refractivity contribution in [1.29, 1.82) is 0 Å². The lowest BCUT2D eigenvalue weighted by Gasteiger charge is -2.21. The zero-order chi connectivity index (χ0) is 14.0. The fourth-order valence-electron chi connectivity index (χ4n) is 1.27. The Morgan fingerprint density at radius 1 is 1.17 bits per heavy atom. The van der Waals surface area contributed by atoms with E-state index in [9.17, 15) is 14.4 Å². The SMILES string of the molecule is COCC(=O)N(CCNC(C)=O)CCC(=O)OC. The Morgan fingerprint density at radius 3 is 2.33 bits per heavy atom. The van der Waals surface area contributed by atoms with Crippen molar-refractivity contribution in [2.45, 2.75) is 13.3 Å². The minimum atomic E-state index is -0.384. The van der Waals surface area contributed by atoms with Crippen molar-refractivity contribution in [1.82, 2.24) is 10.2 Å². The van der Waals surface area contributed by atoms with Gasteiger partial charge in [-0.05, 0) is 0 Å². The molecule has 0 bridgehead atoms. The van der Waals surface area contributed by atoms with Crippen LogP contribution in [0.25, 0.3) is 0 Å². The summed E-state index contributed by atoms with van der Waals surface area (Å²) in [5, 5.41) is 2.58. The number of nitrogens with zero attached hydrogens (tertiary/aromatic N) is 1. The molecule has 1 N–H and O–H groups in total. The fraction of sp³-hybridized carbons (Fsp3) is 0.727. The van der Waals surface area contributed by atoms with Gasteiger partial charge in [0.2, 0.25) is 11.8 Å². The maximum atomic E-state index is 11.7. The number of esters is 1. The van der Waals surface area contributed by atoms with E-state index in [1.54, 1.807) is 0 Å². The Morgan fingerprint density at radius 2 is 1.83 bits per heavy atom. The topological polar surface area (TPSA) is 84.9 Å². The number of nitrogens with one attached hydrogen (secondary N) is 1. The van der Waals surface area contributed by atoms with Crippen molar-refractivity contribution in [3.05, 3.63) is 0 Å². The van der Waals surface area contributed by atoms with Crippen LogP contribution in [-0.2, 0) is 23.9 Å². The highest BCUT2D eigenvalue weighted by Gasteiger charge is 2.14. The first kappa shape index (κ1) is 16.4. The second-order valence-corrected chi connectivity index (χ2v) is 3.62. The number of hydrogen-bond acceptors (Lipinski definition) is 5. The van der Waals surface area contributed by atoms with Gasteiger partial charge in [-0.2, -0.15) is 0 Å². The molecule has 0 aromatic rings. The summed E-state index contributed by atoms with van der Waals surface area (Å²) in [6.07, 6.45) is 0.117. The van der Waals surface area contributed by atoms with Crippen LogP contribution in [0.15, 0.2) is 0 Å². The normalized spacial score (nSPS) is 9.72. The van der Waals surface area contributed by atoms with Crippen molar-refractivity contribution < 1.29 is 23.9 Å². The van der Waals surface area contributed by atoms with E-state index >= 15 is 0 Å². The zero-order valence-electron chi connectivity index (χ0n) is 11.0. The summed E-state index contributed by atoms with van der Waals surface area (Å²) in [7, 11) is 2.71. The molecule has 2 amide bonds. The summed E-state index contributed by atoms with van der Waals surface area (Å²) < 4.78 is 9.26. The number of rotatable bonds is 8. The third kappa shape index (κ3) is 7.61. The Hall–Kier alpha value is -1.63. The molecule has 0 aliphatic carbocycles. The standard InChI is InChI=1S/C11H20N2O5/c1-9(14)12-5-7-13(10(15)8-17-2)6-4-11(16)18-3/h4-8H2,1-3H3,(H,12,14). The largest absolute Gasteiger partial charge is 0.469 e. The van der Waals surface area contributed by atoms with Crippen LogP contribution in [0.5, 0.6) is 0 Å². The lowest BCUT2D eigenvalue weighted by Crippen LogP contribution is -2.40. The molecule has 0 aromatic carbocycles. The summed E-state index contributed by atoms with van der Waals surface area (Å²) in [6.45, 7) is 2.26. The molecule has 0 fully saturated rings. The van der Waals surface area contributed by atoms with Crippen molar-refractivity contribution in [3.8, 4) is 0 Å². The maximum absolute atomic E-state index is 11.7. The molecule has 0 heterocycles. The first-order valence-electron chi connectivity index (χ1n) is 5.59. The average molecular weight is 260 g/mol. The number of carbonyl (C=O) groups is 3. The lowest BCUT2D eigenvalue weighted by molar-refractivity contribution is -0.142. The second kappa shape index (κ2) is 9.41. The van der Waals surface area contributed by atoms with E-state index in [0.29, 0.717) is 13.1 Å². The molecule has 0 atom stereocenters. The molecule has 7 heteroatoms. The molecule has 7 nitrogen and oxygen atoms in total. The van der Waals surface area contributed by atoms with Crippen LogP contribution in [0.3, 0.4) is 0 Å². The predicted octanol–water partition coefficient (Wildman–Crippen LogP) is -0.839. The third-order valence-corrected chi connectivity index (χ3v) is 2.19. The monoisotopic (exact) mass is 260 g/mol. The fourth-order valence-corrected chi connectivity index (χ4v) is 1.27. The average Bonchev–Trinajstić information content (AvgIpc) is 2.32. The molecule has 0 saturated carbocycles. The van der Waals surface area contributed by atoms with E-state index < -0.39 is 0 Å². The highest BCUT2D eigenvalue weighted by Crippen LogP contribution is 1.95. The minimum Gasteiger partial charge on any atom is -0.469 e. The molecule has 0 unspecified atom stereocenters. The third-order valence-electron chi connectivity index (χ3n) is 2.19. The second-order valence-electron chi connectivity index (χ2n) is 3.62. The van der Waals surface area contributed by atoms with Gasteiger partial charge in [-0.15, -0.1) is 0 Å². The van der Waals surface area contributed by atoms with Crippen LogP contribution >= 0.6 is 0 Å². The Bertz CT molecular complexity index is 293. The quantitative estimate of drug-likeness (QED) is 0.575. The first-order valence-corrected chi connectivity index (χ1v) is 5.59. The summed E-state index contributed by atoms with van der Waals surface area (Å²) in [5.41, 5.74) is 0. The van der Waals surface area contributed by atoms with Crippen LogP contribution in [-0.4, -0.2) is 63.1 Å². The molecule has 18 heavy (non-hydrogen) atoms. The molecule has 0 saturated heterocycles. The molecule has 0 aromatic heterocycles. The summed E-state index contributed by atoms with van der Waals surface area (Å²) >= 11 is 0. The molecule has 0 aliphatic rings. The van der Waals surface area contributed by atoms with Gasteiger partial charge in [0.1, 0.15) is 6.61 Å². The van der Waals surface area contributed by atoms with E-state index in [0.717, 1.165) is 0 Å². The van der Waals surface area contributed by atoms with Gasteiger partial charge >= 0.3 is 5.97 Å². The molecular weight excluding hydrogens is 240 g/mol. The molecule has 0 rings (SSSR count). The van der Waals surface area contributed by atoms with Crippen LogP contribution < -0.4 is 5.32 Å². The van der Waals surface area contributed by atoms with Crippen LogP contribution in [0.4, 0.5) is 0 Å². The highest BCUT2D eigenvalue weighted by molar-refractivity contribution is 5.78. The Kier molecular flexibility index (Phi) is 8.55.